The summed E-state index contributed by atoms with van der Waals surface area (Å²) >= 11 is 1.83. The highest BCUT2D eigenvalue weighted by molar-refractivity contribution is 7.17. The molecule has 4 heteroatoms. The van der Waals surface area contributed by atoms with Crippen LogP contribution in [0.4, 0.5) is 5.69 Å². The summed E-state index contributed by atoms with van der Waals surface area (Å²) in [5.74, 6) is 0.265. The highest BCUT2D eigenvalue weighted by Gasteiger charge is 2.36. The molecular weight excluding hydrogens is 518 g/mol. The first-order chi connectivity index (χ1) is 20.2. The van der Waals surface area contributed by atoms with E-state index in [2.05, 4.69) is 131 Å². The molecule has 8 rings (SSSR count). The van der Waals surface area contributed by atoms with Crippen LogP contribution in [-0.4, -0.2) is 15.6 Å². The summed E-state index contributed by atoms with van der Waals surface area (Å²) in [6, 6.07) is 18.4. The molecular formula is C37H31N3S. The predicted molar refractivity (Wildman–Crippen MR) is 175 cm³/mol. The number of allylic oxidation sites excluding steroid dienone is 7. The van der Waals surface area contributed by atoms with Gasteiger partial charge in [-0.15, -0.1) is 11.3 Å². The Morgan fingerprint density at radius 2 is 1.90 bits per heavy atom. The van der Waals surface area contributed by atoms with Gasteiger partial charge in [-0.25, -0.2) is 0 Å². The van der Waals surface area contributed by atoms with Crippen molar-refractivity contribution in [2.24, 2.45) is 0 Å². The third-order valence-corrected chi connectivity index (χ3v) is 9.77. The topological polar surface area (TPSA) is 21.1 Å². The molecule has 41 heavy (non-hydrogen) atoms. The van der Waals surface area contributed by atoms with Gasteiger partial charge >= 0.3 is 0 Å². The molecule has 0 N–H and O–H groups in total. The minimum Gasteiger partial charge on any atom is -0.337 e. The first-order valence-corrected chi connectivity index (χ1v) is 15.3. The van der Waals surface area contributed by atoms with E-state index in [1.54, 1.807) is 0 Å². The van der Waals surface area contributed by atoms with E-state index in [0.717, 1.165) is 18.4 Å². The van der Waals surface area contributed by atoms with Gasteiger partial charge in [0.1, 0.15) is 0 Å². The largest absolute Gasteiger partial charge is 0.337 e. The fourth-order valence-electron chi connectivity index (χ4n) is 7.18. The van der Waals surface area contributed by atoms with Gasteiger partial charge in [-0.05, 0) is 73.5 Å². The van der Waals surface area contributed by atoms with E-state index in [9.17, 15) is 0 Å². The molecule has 0 saturated carbocycles. The van der Waals surface area contributed by atoms with Crippen LogP contribution in [0.3, 0.4) is 0 Å². The van der Waals surface area contributed by atoms with Gasteiger partial charge in [0, 0.05) is 61.5 Å². The maximum Gasteiger partial charge on any atom is 0.0721 e. The molecule has 0 saturated heterocycles. The lowest BCUT2D eigenvalue weighted by Gasteiger charge is -2.38. The molecule has 2 atom stereocenters. The van der Waals surface area contributed by atoms with Gasteiger partial charge in [-0.2, -0.15) is 0 Å². The van der Waals surface area contributed by atoms with Crippen LogP contribution in [0, 0.1) is 6.92 Å². The summed E-state index contributed by atoms with van der Waals surface area (Å²) in [4.78, 5) is 7.15. The van der Waals surface area contributed by atoms with Gasteiger partial charge in [0.15, 0.2) is 0 Å². The van der Waals surface area contributed by atoms with E-state index in [1.165, 1.54) is 60.5 Å². The van der Waals surface area contributed by atoms with Crippen LogP contribution in [0.5, 0.6) is 0 Å². The van der Waals surface area contributed by atoms with Gasteiger partial charge in [-0.1, -0.05) is 66.8 Å². The number of aromatic nitrogens is 2. The van der Waals surface area contributed by atoms with Gasteiger partial charge in [0.25, 0.3) is 0 Å². The Balaban J connectivity index is 1.34. The molecule has 0 fully saturated rings. The Kier molecular flexibility index (Phi) is 5.71. The van der Waals surface area contributed by atoms with Crippen LogP contribution in [0.2, 0.25) is 0 Å². The Morgan fingerprint density at radius 3 is 2.83 bits per heavy atom. The van der Waals surface area contributed by atoms with Crippen LogP contribution in [0.15, 0.2) is 115 Å². The highest BCUT2D eigenvalue weighted by Crippen LogP contribution is 2.50. The molecule has 2 unspecified atom stereocenters. The van der Waals surface area contributed by atoms with Crippen molar-refractivity contribution in [1.82, 2.24) is 9.55 Å². The standard InChI is InChI=1S/C37H31N3S/c1-3-9-27-24(2)39(35-23-38-20-18-29(27)35)25-10-8-11-26(22-25)40-33-14-6-4-12-28(33)30-16-17-36-32(19-21-41-36)37(30)31-13-5-7-15-34(31)40/h3-7,9-10,12-23,28,33H,8,11H2,1-2H3/b9-3-. The SMILES string of the molecule is C/C=C\c1c(C)n(C2=CCCC(N3c4ccccc4-c4c(ccc5sccc45)C4C=CC=CC43)=C2)c2cnccc12. The van der Waals surface area contributed by atoms with E-state index < -0.39 is 0 Å². The molecule has 3 aliphatic rings. The van der Waals surface area contributed by atoms with Crippen molar-refractivity contribution in [1.29, 1.82) is 0 Å². The maximum absolute atomic E-state index is 4.51. The van der Waals surface area contributed by atoms with E-state index in [4.69, 9.17) is 0 Å². The van der Waals surface area contributed by atoms with Gasteiger partial charge < -0.3 is 9.47 Å². The zero-order valence-electron chi connectivity index (χ0n) is 23.3. The van der Waals surface area contributed by atoms with Crippen molar-refractivity contribution in [2.45, 2.75) is 38.6 Å². The van der Waals surface area contributed by atoms with Crippen molar-refractivity contribution in [3.63, 3.8) is 0 Å². The minimum atomic E-state index is 0.201. The van der Waals surface area contributed by atoms with Crippen LogP contribution < -0.4 is 4.90 Å². The second kappa shape index (κ2) is 9.60. The molecule has 4 heterocycles. The van der Waals surface area contributed by atoms with Crippen LogP contribution in [0.1, 0.15) is 42.5 Å². The summed E-state index contributed by atoms with van der Waals surface area (Å²) in [7, 11) is 0. The Morgan fingerprint density at radius 1 is 1.00 bits per heavy atom. The number of thiophene rings is 1. The Bertz CT molecular complexity index is 1990. The third kappa shape index (κ3) is 3.67. The summed E-state index contributed by atoms with van der Waals surface area (Å²) in [6.45, 7) is 4.32. The van der Waals surface area contributed by atoms with Crippen molar-refractivity contribution >= 4 is 49.8 Å². The number of rotatable bonds is 3. The summed E-state index contributed by atoms with van der Waals surface area (Å²) in [6.07, 6.45) is 24.3. The monoisotopic (exact) mass is 549 g/mol. The number of anilines is 1. The van der Waals surface area contributed by atoms with Crippen molar-refractivity contribution in [3.05, 3.63) is 131 Å². The zero-order valence-corrected chi connectivity index (χ0v) is 24.1. The second-order valence-electron chi connectivity index (χ2n) is 11.1. The van der Waals surface area contributed by atoms with Gasteiger partial charge in [0.05, 0.1) is 17.8 Å². The molecule has 0 amide bonds. The average Bonchev–Trinajstić information content (AvgIpc) is 3.57. The Hall–Kier alpha value is -4.41. The van der Waals surface area contributed by atoms with Gasteiger partial charge in [0.2, 0.25) is 0 Å². The smallest absolute Gasteiger partial charge is 0.0721 e. The number of fused-ring (bicyclic) bond motifs is 8. The molecule has 200 valence electrons. The van der Waals surface area contributed by atoms with Crippen LogP contribution in [0.25, 0.3) is 43.9 Å². The number of pyridine rings is 1. The van der Waals surface area contributed by atoms with Crippen molar-refractivity contribution in [2.75, 3.05) is 4.90 Å². The van der Waals surface area contributed by atoms with Crippen LogP contribution >= 0.6 is 11.3 Å². The number of hydrogen-bond donors (Lipinski definition) is 0. The predicted octanol–water partition coefficient (Wildman–Crippen LogP) is 9.88. The molecule has 0 spiro atoms. The maximum atomic E-state index is 4.51. The fraction of sp³-hybridized carbons (Fsp3) is 0.162. The molecule has 2 aliphatic carbocycles. The molecule has 2 aromatic carbocycles. The summed E-state index contributed by atoms with van der Waals surface area (Å²) in [5, 5.41) is 4.83. The lowest BCUT2D eigenvalue weighted by atomic mass is 9.83. The Labute approximate surface area is 244 Å². The van der Waals surface area contributed by atoms with E-state index in [0.29, 0.717) is 0 Å². The van der Waals surface area contributed by atoms with Crippen molar-refractivity contribution < 1.29 is 0 Å². The molecule has 3 aromatic heterocycles. The first-order valence-electron chi connectivity index (χ1n) is 14.5. The van der Waals surface area contributed by atoms with E-state index >= 15 is 0 Å². The average molecular weight is 550 g/mol. The number of benzene rings is 2. The normalized spacial score (nSPS) is 19.7. The number of hydrogen-bond acceptors (Lipinski definition) is 3. The lowest BCUT2D eigenvalue weighted by Crippen LogP contribution is -2.38. The third-order valence-electron chi connectivity index (χ3n) is 8.89. The fourth-order valence-corrected chi connectivity index (χ4v) is 7.98. The van der Waals surface area contributed by atoms with E-state index in [-0.39, 0.29) is 12.0 Å². The highest BCUT2D eigenvalue weighted by atomic mass is 32.1. The molecule has 5 aromatic rings. The molecule has 3 nitrogen and oxygen atoms in total. The number of para-hydroxylation sites is 1. The van der Waals surface area contributed by atoms with E-state index in [1.807, 2.05) is 23.7 Å². The first kappa shape index (κ1) is 24.4. The van der Waals surface area contributed by atoms with Crippen LogP contribution in [-0.2, 0) is 0 Å². The minimum absolute atomic E-state index is 0.201. The lowest BCUT2D eigenvalue weighted by molar-refractivity contribution is 0.658. The molecule has 0 bridgehead atoms. The van der Waals surface area contributed by atoms with Gasteiger partial charge in [-0.3, -0.25) is 4.98 Å². The quantitative estimate of drug-likeness (QED) is 0.223. The molecule has 0 radical (unpaired) electrons. The van der Waals surface area contributed by atoms with Crippen molar-refractivity contribution in [3.8, 4) is 11.1 Å². The second-order valence-corrected chi connectivity index (χ2v) is 12.0. The summed E-state index contributed by atoms with van der Waals surface area (Å²) < 4.78 is 3.75. The molecule has 1 aliphatic heterocycles. The number of nitrogens with zero attached hydrogens (tertiary/aromatic N) is 3. The zero-order chi connectivity index (χ0) is 27.5. The summed E-state index contributed by atoms with van der Waals surface area (Å²) in [5.41, 5.74) is 11.7.